The van der Waals surface area contributed by atoms with Crippen molar-refractivity contribution in [3.8, 4) is 0 Å². The van der Waals surface area contributed by atoms with E-state index in [2.05, 4.69) is 57.4 Å². The number of aryl methyl sites for hydroxylation is 1. The summed E-state index contributed by atoms with van der Waals surface area (Å²) in [6.45, 7) is 3.13. The van der Waals surface area contributed by atoms with Crippen LogP contribution in [-0.2, 0) is 11.2 Å². The van der Waals surface area contributed by atoms with Crippen molar-refractivity contribution in [2.24, 2.45) is 4.99 Å². The van der Waals surface area contributed by atoms with Crippen molar-refractivity contribution in [1.29, 1.82) is 0 Å². The Morgan fingerprint density at radius 2 is 1.87 bits per heavy atom. The third-order valence-electron chi connectivity index (χ3n) is 5.81. The summed E-state index contributed by atoms with van der Waals surface area (Å²) in [5, 5.41) is 12.5. The van der Waals surface area contributed by atoms with Crippen molar-refractivity contribution in [1.82, 2.24) is 21.3 Å². The van der Waals surface area contributed by atoms with Crippen molar-refractivity contribution in [2.45, 2.75) is 57.4 Å². The highest BCUT2D eigenvalue weighted by Crippen LogP contribution is 2.24. The van der Waals surface area contributed by atoms with Gasteiger partial charge in [0, 0.05) is 24.0 Å². The van der Waals surface area contributed by atoms with Crippen LogP contribution in [0.25, 0.3) is 0 Å². The Bertz CT molecular complexity index is 901. The van der Waals surface area contributed by atoms with Gasteiger partial charge < -0.3 is 10.6 Å². The molecule has 1 saturated carbocycles. The van der Waals surface area contributed by atoms with Crippen LogP contribution in [0.3, 0.4) is 0 Å². The van der Waals surface area contributed by atoms with Crippen LogP contribution in [0.4, 0.5) is 4.79 Å². The lowest BCUT2D eigenvalue weighted by atomic mass is 9.91. The summed E-state index contributed by atoms with van der Waals surface area (Å²) < 4.78 is 0. The third kappa shape index (κ3) is 6.29. The number of imide groups is 1. The summed E-state index contributed by atoms with van der Waals surface area (Å²) in [5.41, 5.74) is 3.45. The van der Waals surface area contributed by atoms with Crippen LogP contribution < -0.4 is 21.3 Å². The maximum atomic E-state index is 11.7. The van der Waals surface area contributed by atoms with Gasteiger partial charge in [0.05, 0.1) is 4.91 Å². The molecule has 0 radical (unpaired) electrons. The Morgan fingerprint density at radius 3 is 2.58 bits per heavy atom. The summed E-state index contributed by atoms with van der Waals surface area (Å²) in [4.78, 5) is 27.9. The fourth-order valence-corrected chi connectivity index (χ4v) is 4.73. The molecule has 1 aromatic rings. The average molecular weight is 440 g/mol. The van der Waals surface area contributed by atoms with Gasteiger partial charge in [-0.2, -0.15) is 0 Å². The first-order chi connectivity index (χ1) is 15.0. The first-order valence-corrected chi connectivity index (χ1v) is 11.7. The van der Waals surface area contributed by atoms with Gasteiger partial charge in [-0.1, -0.05) is 29.8 Å². The Morgan fingerprint density at radius 1 is 1.13 bits per heavy atom. The first-order valence-electron chi connectivity index (χ1n) is 10.8. The topological polar surface area (TPSA) is 94.6 Å². The van der Waals surface area contributed by atoms with E-state index in [1.807, 2.05) is 0 Å². The molecule has 3 aliphatic rings. The molecule has 0 spiro atoms. The Balaban J connectivity index is 1.17. The van der Waals surface area contributed by atoms with Gasteiger partial charge in [0.1, 0.15) is 0 Å². The lowest BCUT2D eigenvalue weighted by molar-refractivity contribution is -0.115. The third-order valence-corrected chi connectivity index (χ3v) is 6.62. The zero-order valence-electron chi connectivity index (χ0n) is 17.7. The van der Waals surface area contributed by atoms with Crippen molar-refractivity contribution < 1.29 is 9.59 Å². The second-order valence-electron chi connectivity index (χ2n) is 8.22. The maximum Gasteiger partial charge on any atom is 0.290 e. The molecular weight excluding hydrogens is 410 g/mol. The normalized spacial score (nSPS) is 27.2. The van der Waals surface area contributed by atoms with Crippen LogP contribution in [0.1, 0.15) is 36.8 Å². The van der Waals surface area contributed by atoms with E-state index < -0.39 is 0 Å². The number of allylic oxidation sites excluding steroid dienone is 2. The monoisotopic (exact) mass is 439 g/mol. The molecular formula is C23H29N5O2S. The van der Waals surface area contributed by atoms with Crippen molar-refractivity contribution >= 4 is 29.1 Å². The van der Waals surface area contributed by atoms with E-state index in [9.17, 15) is 9.59 Å². The molecule has 4 N–H and O–H groups in total. The Kier molecular flexibility index (Phi) is 7.21. The second kappa shape index (κ2) is 10.3. The summed E-state index contributed by atoms with van der Waals surface area (Å²) in [7, 11) is 0. The van der Waals surface area contributed by atoms with Gasteiger partial charge in [-0.15, -0.1) is 0 Å². The summed E-state index contributed by atoms with van der Waals surface area (Å²) >= 11 is 0.919. The quantitative estimate of drug-likeness (QED) is 0.488. The number of nitrogens with zero attached hydrogens (tertiary/aromatic N) is 1. The summed E-state index contributed by atoms with van der Waals surface area (Å²) in [6.07, 6.45) is 10.6. The molecule has 7 nitrogen and oxygen atoms in total. The molecule has 2 aliphatic heterocycles. The Hall–Kier alpha value is -2.42. The lowest BCUT2D eigenvalue weighted by Gasteiger charge is -2.32. The number of nitrogens with one attached hydrogen (secondary N) is 4. The van der Waals surface area contributed by atoms with E-state index in [1.54, 1.807) is 18.4 Å². The largest absolute Gasteiger partial charge is 0.351 e. The molecule has 0 bridgehead atoms. The molecule has 164 valence electrons. The number of hydrogen-bond donors (Lipinski definition) is 4. The van der Waals surface area contributed by atoms with Crippen LogP contribution in [0.5, 0.6) is 0 Å². The van der Waals surface area contributed by atoms with Crippen LogP contribution in [0, 0.1) is 6.92 Å². The molecule has 1 aliphatic carbocycles. The molecule has 8 heteroatoms. The predicted molar refractivity (Wildman–Crippen MR) is 125 cm³/mol. The minimum atomic E-state index is -0.349. The molecule has 1 saturated heterocycles. The van der Waals surface area contributed by atoms with E-state index in [0.717, 1.165) is 56.1 Å². The second-order valence-corrected chi connectivity index (χ2v) is 9.24. The highest BCUT2D eigenvalue weighted by atomic mass is 32.2. The summed E-state index contributed by atoms with van der Waals surface area (Å²) in [6, 6.07) is 9.75. The van der Waals surface area contributed by atoms with Crippen LogP contribution in [0.15, 0.2) is 52.0 Å². The van der Waals surface area contributed by atoms with Gasteiger partial charge >= 0.3 is 0 Å². The van der Waals surface area contributed by atoms with Crippen molar-refractivity contribution in [2.75, 3.05) is 6.54 Å². The van der Waals surface area contributed by atoms with Crippen LogP contribution in [0.2, 0.25) is 0 Å². The first kappa shape index (κ1) is 21.8. The number of rotatable bonds is 7. The smallest absolute Gasteiger partial charge is 0.290 e. The van der Waals surface area contributed by atoms with E-state index in [-0.39, 0.29) is 17.4 Å². The fraction of sp³-hybridized carbons (Fsp3) is 0.435. The lowest BCUT2D eigenvalue weighted by Crippen LogP contribution is -2.49. The highest BCUT2D eigenvalue weighted by Gasteiger charge is 2.26. The molecule has 31 heavy (non-hydrogen) atoms. The number of benzene rings is 1. The number of hydrogen-bond acceptors (Lipinski definition) is 7. The molecule has 0 aromatic heterocycles. The van der Waals surface area contributed by atoms with Gasteiger partial charge in [-0.3, -0.25) is 25.2 Å². The van der Waals surface area contributed by atoms with E-state index in [4.69, 9.17) is 0 Å². The van der Waals surface area contributed by atoms with E-state index in [1.165, 1.54) is 11.1 Å². The number of thioether (sulfide) groups is 1. The van der Waals surface area contributed by atoms with Gasteiger partial charge in [0.15, 0.2) is 6.29 Å². The number of carbonyl (C=O) groups is 2. The standard InChI is InChI=1S/C23H29N5O2S/c1-15-2-4-16(5-3-15)10-12-24-17-6-8-18(9-7-17)26-22-25-13-11-19(27-22)14-20-21(29)28-23(30)31-20/h2-5,11,13-14,17-18,22,24,26-27H,6-10,12H2,1H3,(H,28,29,30)/b20-14-/t17-,18-,22?. The molecule has 1 atom stereocenters. The minimum absolute atomic E-state index is 0.224. The van der Waals surface area contributed by atoms with Gasteiger partial charge in [0.2, 0.25) is 0 Å². The molecule has 2 amide bonds. The van der Waals surface area contributed by atoms with Crippen molar-refractivity contribution in [3.05, 3.63) is 58.1 Å². The maximum absolute atomic E-state index is 11.7. The van der Waals surface area contributed by atoms with Crippen molar-refractivity contribution in [3.63, 3.8) is 0 Å². The fourth-order valence-electron chi connectivity index (χ4n) is 4.05. The average Bonchev–Trinajstić information content (AvgIpc) is 3.07. The SMILES string of the molecule is Cc1ccc(CCN[C@H]2CC[C@H](NC3N=CC=C(/C=C4\SC(=O)NC4=O)N3)CC2)cc1. The van der Waals surface area contributed by atoms with Crippen LogP contribution >= 0.6 is 11.8 Å². The van der Waals surface area contributed by atoms with E-state index >= 15 is 0 Å². The minimum Gasteiger partial charge on any atom is -0.351 e. The zero-order valence-corrected chi connectivity index (χ0v) is 18.5. The van der Waals surface area contributed by atoms with Gasteiger partial charge in [0.25, 0.3) is 11.1 Å². The molecule has 4 rings (SSSR count). The predicted octanol–water partition coefficient (Wildman–Crippen LogP) is 2.74. The highest BCUT2D eigenvalue weighted by molar-refractivity contribution is 8.18. The zero-order chi connectivity index (χ0) is 21.6. The molecule has 1 unspecified atom stereocenters. The Labute approximate surface area is 187 Å². The number of aliphatic imine (C=N–C) groups is 1. The number of amides is 2. The molecule has 1 aromatic carbocycles. The van der Waals surface area contributed by atoms with E-state index in [0.29, 0.717) is 17.0 Å². The molecule has 2 heterocycles. The number of carbonyl (C=O) groups excluding carboxylic acids is 2. The van der Waals surface area contributed by atoms with Gasteiger partial charge in [-0.25, -0.2) is 0 Å². The van der Waals surface area contributed by atoms with Gasteiger partial charge in [-0.05, 0) is 75.0 Å². The molecule has 2 fully saturated rings. The van der Waals surface area contributed by atoms with Crippen LogP contribution in [-0.4, -0.2) is 42.3 Å². The summed E-state index contributed by atoms with van der Waals surface area (Å²) in [5.74, 6) is -0.349.